The average Bonchev–Trinajstić information content (AvgIpc) is 2.32. The molecule has 3 nitrogen and oxygen atoms in total. The first-order valence-electron chi connectivity index (χ1n) is 3.69. The summed E-state index contributed by atoms with van der Waals surface area (Å²) in [6.45, 7) is 1.80. The largest absolute Gasteiger partial charge is 0.383 e. The summed E-state index contributed by atoms with van der Waals surface area (Å²) in [6, 6.07) is 1.43. The van der Waals surface area contributed by atoms with Gasteiger partial charge in [-0.05, 0) is 35.6 Å². The number of halogens is 2. The second kappa shape index (κ2) is 2.83. The maximum atomic E-state index is 13.0. The Balaban J connectivity index is 2.94. The number of nitrogens with zero attached hydrogens (tertiary/aromatic N) is 2. The van der Waals surface area contributed by atoms with Gasteiger partial charge in [-0.3, -0.25) is 4.40 Å². The molecule has 2 aromatic rings. The first-order chi connectivity index (χ1) is 6.09. The van der Waals surface area contributed by atoms with Crippen LogP contribution in [0.25, 0.3) is 5.65 Å². The number of fused-ring (bicyclic) bond motifs is 1. The molecule has 0 aromatic carbocycles. The monoisotopic (exact) mass is 291 g/mol. The lowest BCUT2D eigenvalue weighted by atomic mass is 10.4. The lowest BCUT2D eigenvalue weighted by Gasteiger charge is -1.98. The topological polar surface area (TPSA) is 43.3 Å². The van der Waals surface area contributed by atoms with Crippen molar-refractivity contribution in [3.63, 3.8) is 0 Å². The molecule has 0 fully saturated rings. The number of aromatic nitrogens is 2. The summed E-state index contributed by atoms with van der Waals surface area (Å²) in [4.78, 5) is 4.22. The van der Waals surface area contributed by atoms with Crippen LogP contribution in [0.5, 0.6) is 0 Å². The molecule has 13 heavy (non-hydrogen) atoms. The molecule has 0 radical (unpaired) electrons. The number of anilines is 1. The van der Waals surface area contributed by atoms with Gasteiger partial charge in [-0.2, -0.15) is 0 Å². The van der Waals surface area contributed by atoms with Crippen molar-refractivity contribution in [3.05, 3.63) is 27.3 Å². The predicted octanol–water partition coefficient (Wildman–Crippen LogP) is 1.97. The van der Waals surface area contributed by atoms with Gasteiger partial charge in [-0.1, -0.05) is 0 Å². The summed E-state index contributed by atoms with van der Waals surface area (Å²) in [7, 11) is 0. The molecular weight excluding hydrogens is 284 g/mol. The van der Waals surface area contributed by atoms with E-state index in [0.717, 1.165) is 9.26 Å². The molecule has 0 aliphatic rings. The van der Waals surface area contributed by atoms with Gasteiger partial charge in [0.05, 0.1) is 9.26 Å². The van der Waals surface area contributed by atoms with E-state index in [1.165, 1.54) is 12.3 Å². The zero-order valence-corrected chi connectivity index (χ0v) is 9.04. The second-order valence-electron chi connectivity index (χ2n) is 2.78. The Morgan fingerprint density at radius 1 is 1.62 bits per heavy atom. The van der Waals surface area contributed by atoms with E-state index in [0.29, 0.717) is 11.5 Å². The molecule has 2 N–H and O–H groups in total. The van der Waals surface area contributed by atoms with Crippen LogP contribution < -0.4 is 5.73 Å². The molecule has 0 atom stereocenters. The van der Waals surface area contributed by atoms with E-state index in [4.69, 9.17) is 5.73 Å². The fourth-order valence-electron chi connectivity index (χ4n) is 1.20. The van der Waals surface area contributed by atoms with Crippen molar-refractivity contribution in [1.29, 1.82) is 0 Å². The van der Waals surface area contributed by atoms with Crippen LogP contribution in [0, 0.1) is 16.3 Å². The summed E-state index contributed by atoms with van der Waals surface area (Å²) in [6.07, 6.45) is 1.34. The van der Waals surface area contributed by atoms with Gasteiger partial charge in [0.2, 0.25) is 0 Å². The number of pyridine rings is 1. The molecule has 0 unspecified atom stereocenters. The van der Waals surface area contributed by atoms with Crippen LogP contribution in [0.1, 0.15) is 5.69 Å². The summed E-state index contributed by atoms with van der Waals surface area (Å²) < 4.78 is 15.3. The minimum absolute atomic E-state index is 0.305. The molecule has 68 valence electrons. The van der Waals surface area contributed by atoms with E-state index < -0.39 is 0 Å². The molecular formula is C8H7FIN3. The Bertz CT molecular complexity index is 478. The normalized spacial score (nSPS) is 11.0. The average molecular weight is 291 g/mol. The number of nitrogens with two attached hydrogens (primary N) is 1. The zero-order valence-electron chi connectivity index (χ0n) is 6.88. The molecule has 5 heteroatoms. The first kappa shape index (κ1) is 8.74. The van der Waals surface area contributed by atoms with Crippen LogP contribution >= 0.6 is 22.6 Å². The molecule has 2 aromatic heterocycles. The van der Waals surface area contributed by atoms with Crippen LogP contribution in [0.2, 0.25) is 0 Å². The van der Waals surface area contributed by atoms with Gasteiger partial charge in [0.15, 0.2) is 5.65 Å². The Morgan fingerprint density at radius 2 is 2.31 bits per heavy atom. The van der Waals surface area contributed by atoms with E-state index in [-0.39, 0.29) is 5.82 Å². The fraction of sp³-hybridized carbons (Fsp3) is 0.125. The van der Waals surface area contributed by atoms with Crippen LogP contribution in [-0.2, 0) is 0 Å². The summed E-state index contributed by atoms with van der Waals surface area (Å²) >= 11 is 2.03. The fourth-order valence-corrected chi connectivity index (χ4v) is 1.88. The van der Waals surface area contributed by atoms with Gasteiger partial charge in [0.1, 0.15) is 11.6 Å². The minimum atomic E-state index is -0.305. The van der Waals surface area contributed by atoms with Crippen molar-refractivity contribution < 1.29 is 4.39 Å². The molecule has 0 bridgehead atoms. The van der Waals surface area contributed by atoms with Gasteiger partial charge < -0.3 is 5.73 Å². The van der Waals surface area contributed by atoms with Gasteiger partial charge in [0, 0.05) is 6.20 Å². The van der Waals surface area contributed by atoms with E-state index in [9.17, 15) is 4.39 Å². The van der Waals surface area contributed by atoms with Crippen molar-refractivity contribution in [2.24, 2.45) is 0 Å². The number of nitrogen functional groups attached to an aromatic ring is 1. The lowest BCUT2D eigenvalue weighted by Crippen LogP contribution is -1.96. The summed E-state index contributed by atoms with van der Waals surface area (Å²) in [5.74, 6) is 0.188. The standard InChI is InChI=1S/C8H7FIN3/c1-4-7(11)13-3-5(9)2-6(10)8(13)12-4/h2-3H,11H2,1H3. The van der Waals surface area contributed by atoms with Crippen molar-refractivity contribution >= 4 is 34.1 Å². The van der Waals surface area contributed by atoms with Crippen LogP contribution in [0.15, 0.2) is 12.3 Å². The SMILES string of the molecule is Cc1nc2c(I)cc(F)cn2c1N. The number of aryl methyl sites for hydroxylation is 1. The molecule has 2 rings (SSSR count). The minimum Gasteiger partial charge on any atom is -0.383 e. The Kier molecular flexibility index (Phi) is 1.90. The highest BCUT2D eigenvalue weighted by atomic mass is 127. The summed E-state index contributed by atoms with van der Waals surface area (Å²) in [5.41, 5.74) is 7.14. The smallest absolute Gasteiger partial charge is 0.152 e. The van der Waals surface area contributed by atoms with Crippen molar-refractivity contribution in [1.82, 2.24) is 9.38 Å². The third kappa shape index (κ3) is 1.27. The number of rotatable bonds is 0. The Morgan fingerprint density at radius 3 is 3.00 bits per heavy atom. The van der Waals surface area contributed by atoms with Gasteiger partial charge in [0.25, 0.3) is 0 Å². The van der Waals surface area contributed by atoms with Crippen molar-refractivity contribution in [2.45, 2.75) is 6.92 Å². The quantitative estimate of drug-likeness (QED) is 0.754. The first-order valence-corrected chi connectivity index (χ1v) is 4.76. The predicted molar refractivity (Wildman–Crippen MR) is 57.0 cm³/mol. The van der Waals surface area contributed by atoms with Crippen LogP contribution in [0.3, 0.4) is 0 Å². The third-order valence-electron chi connectivity index (χ3n) is 1.86. The van der Waals surface area contributed by atoms with Crippen LogP contribution in [-0.4, -0.2) is 9.38 Å². The van der Waals surface area contributed by atoms with E-state index in [2.05, 4.69) is 4.98 Å². The van der Waals surface area contributed by atoms with Crippen LogP contribution in [0.4, 0.5) is 10.2 Å². The van der Waals surface area contributed by atoms with Gasteiger partial charge in [-0.15, -0.1) is 0 Å². The van der Waals surface area contributed by atoms with E-state index in [1.807, 2.05) is 22.6 Å². The molecule has 2 heterocycles. The maximum absolute atomic E-state index is 13.0. The number of imidazole rings is 1. The number of hydrogen-bond donors (Lipinski definition) is 1. The zero-order chi connectivity index (χ0) is 9.59. The van der Waals surface area contributed by atoms with Gasteiger partial charge in [-0.25, -0.2) is 9.37 Å². The highest BCUT2D eigenvalue weighted by Crippen LogP contribution is 2.19. The van der Waals surface area contributed by atoms with E-state index in [1.54, 1.807) is 11.3 Å². The highest BCUT2D eigenvalue weighted by Gasteiger charge is 2.09. The third-order valence-corrected chi connectivity index (χ3v) is 2.66. The van der Waals surface area contributed by atoms with Gasteiger partial charge >= 0.3 is 0 Å². The highest BCUT2D eigenvalue weighted by molar-refractivity contribution is 14.1. The maximum Gasteiger partial charge on any atom is 0.152 e. The number of hydrogen-bond acceptors (Lipinski definition) is 2. The molecule has 0 aliphatic heterocycles. The van der Waals surface area contributed by atoms with Crippen molar-refractivity contribution in [2.75, 3.05) is 5.73 Å². The lowest BCUT2D eigenvalue weighted by molar-refractivity contribution is 0.618. The molecule has 0 aliphatic carbocycles. The Labute approximate surface area is 87.9 Å². The van der Waals surface area contributed by atoms with Crippen molar-refractivity contribution in [3.8, 4) is 0 Å². The van der Waals surface area contributed by atoms with E-state index >= 15 is 0 Å². The molecule has 0 spiro atoms. The second-order valence-corrected chi connectivity index (χ2v) is 3.94. The molecule has 0 saturated heterocycles. The molecule has 0 amide bonds. The summed E-state index contributed by atoms with van der Waals surface area (Å²) in [5, 5.41) is 0. The Hall–Kier alpha value is -0.850. The molecule has 0 saturated carbocycles.